The highest BCUT2D eigenvalue weighted by molar-refractivity contribution is 5.82. The summed E-state index contributed by atoms with van der Waals surface area (Å²) in [6, 6.07) is 4.42. The van der Waals surface area contributed by atoms with E-state index in [0.29, 0.717) is 12.2 Å². The third-order valence-corrected chi connectivity index (χ3v) is 2.94. The van der Waals surface area contributed by atoms with Crippen molar-refractivity contribution in [1.29, 1.82) is 0 Å². The fourth-order valence-electron chi connectivity index (χ4n) is 2.05. The number of benzene rings is 1. The van der Waals surface area contributed by atoms with Gasteiger partial charge in [-0.1, -0.05) is 6.07 Å². The Kier molecular flexibility index (Phi) is 3.59. The molecule has 0 aromatic heterocycles. The number of aromatic hydroxyl groups is 1. The van der Waals surface area contributed by atoms with Gasteiger partial charge in [0.25, 0.3) is 0 Å². The molecule has 1 aromatic rings. The molecule has 6 heteroatoms. The van der Waals surface area contributed by atoms with Crippen LogP contribution in [0.5, 0.6) is 11.5 Å². The van der Waals surface area contributed by atoms with Gasteiger partial charge in [-0.2, -0.15) is 0 Å². The molecule has 19 heavy (non-hydrogen) atoms. The van der Waals surface area contributed by atoms with Gasteiger partial charge in [0, 0.05) is 0 Å². The molecule has 1 heterocycles. The number of phenolic OH excluding ortho intramolecular Hbond substituents is 1. The van der Waals surface area contributed by atoms with Gasteiger partial charge in [-0.05, 0) is 24.6 Å². The maximum atomic E-state index is 11.3. The van der Waals surface area contributed by atoms with Crippen molar-refractivity contribution < 1.29 is 29.3 Å². The Hall–Kier alpha value is -2.24. The van der Waals surface area contributed by atoms with Crippen LogP contribution in [-0.2, 0) is 14.3 Å². The van der Waals surface area contributed by atoms with E-state index in [0.717, 1.165) is 0 Å². The zero-order chi connectivity index (χ0) is 14.0. The highest BCUT2D eigenvalue weighted by atomic mass is 16.6. The Bertz CT molecular complexity index is 510. The van der Waals surface area contributed by atoms with Crippen LogP contribution in [-0.4, -0.2) is 28.8 Å². The van der Waals surface area contributed by atoms with Crippen molar-refractivity contribution in [3.05, 3.63) is 23.8 Å². The SMILES string of the molecule is CCOc1cc([C@@H]2OC(=O)C[C@H]2C(=O)O)ccc1O. The van der Waals surface area contributed by atoms with Crippen molar-refractivity contribution in [1.82, 2.24) is 0 Å². The van der Waals surface area contributed by atoms with Crippen LogP contribution in [0.3, 0.4) is 0 Å². The van der Waals surface area contributed by atoms with E-state index in [1.807, 2.05) is 0 Å². The summed E-state index contributed by atoms with van der Waals surface area (Å²) in [6.45, 7) is 2.13. The van der Waals surface area contributed by atoms with Gasteiger partial charge in [0.1, 0.15) is 12.0 Å². The summed E-state index contributed by atoms with van der Waals surface area (Å²) in [6.07, 6.45) is -0.991. The third-order valence-electron chi connectivity index (χ3n) is 2.94. The standard InChI is InChI=1S/C13H14O6/c1-2-18-10-5-7(3-4-9(10)14)12-8(13(16)17)6-11(15)19-12/h3-5,8,12,14H,2,6H2,1H3,(H,16,17)/t8-,12+/m1/s1. The number of hydrogen-bond acceptors (Lipinski definition) is 5. The molecule has 0 bridgehead atoms. The Labute approximate surface area is 109 Å². The number of carbonyl (C=O) groups excluding carboxylic acids is 1. The molecule has 1 aliphatic heterocycles. The average Bonchev–Trinajstić information content (AvgIpc) is 2.75. The quantitative estimate of drug-likeness (QED) is 0.802. The van der Waals surface area contributed by atoms with Gasteiger partial charge in [-0.15, -0.1) is 0 Å². The number of carboxylic acid groups (broad SMARTS) is 1. The normalized spacial score (nSPS) is 22.1. The van der Waals surface area contributed by atoms with Crippen LogP contribution in [0.15, 0.2) is 18.2 Å². The molecule has 2 atom stereocenters. The Balaban J connectivity index is 2.32. The van der Waals surface area contributed by atoms with Crippen LogP contribution in [0.1, 0.15) is 25.0 Å². The van der Waals surface area contributed by atoms with Gasteiger partial charge >= 0.3 is 11.9 Å². The van der Waals surface area contributed by atoms with E-state index in [-0.39, 0.29) is 17.9 Å². The second kappa shape index (κ2) is 5.17. The lowest BCUT2D eigenvalue weighted by Gasteiger charge is -2.16. The summed E-state index contributed by atoms with van der Waals surface area (Å²) in [5.41, 5.74) is 0.500. The van der Waals surface area contributed by atoms with Crippen LogP contribution in [0.2, 0.25) is 0 Å². The lowest BCUT2D eigenvalue weighted by molar-refractivity contribution is -0.144. The Morgan fingerprint density at radius 1 is 1.53 bits per heavy atom. The summed E-state index contributed by atoms with van der Waals surface area (Å²) in [7, 11) is 0. The highest BCUT2D eigenvalue weighted by Crippen LogP contribution is 2.38. The summed E-state index contributed by atoms with van der Waals surface area (Å²) in [5.74, 6) is -2.33. The molecule has 0 aliphatic carbocycles. The van der Waals surface area contributed by atoms with Crippen molar-refractivity contribution >= 4 is 11.9 Å². The van der Waals surface area contributed by atoms with E-state index in [2.05, 4.69) is 0 Å². The minimum Gasteiger partial charge on any atom is -0.504 e. The molecule has 1 saturated heterocycles. The van der Waals surface area contributed by atoms with E-state index in [1.54, 1.807) is 6.92 Å². The first-order chi connectivity index (χ1) is 9.02. The lowest BCUT2D eigenvalue weighted by Crippen LogP contribution is -2.17. The lowest BCUT2D eigenvalue weighted by atomic mass is 9.95. The van der Waals surface area contributed by atoms with Gasteiger partial charge in [0.2, 0.25) is 0 Å². The van der Waals surface area contributed by atoms with Crippen LogP contribution >= 0.6 is 0 Å². The van der Waals surface area contributed by atoms with E-state index in [1.165, 1.54) is 18.2 Å². The number of carboxylic acids is 1. The minimum absolute atomic E-state index is 0.0400. The van der Waals surface area contributed by atoms with Gasteiger partial charge in [-0.3, -0.25) is 9.59 Å². The summed E-state index contributed by atoms with van der Waals surface area (Å²) < 4.78 is 10.3. The van der Waals surface area contributed by atoms with E-state index >= 15 is 0 Å². The van der Waals surface area contributed by atoms with Gasteiger partial charge in [0.15, 0.2) is 11.5 Å². The van der Waals surface area contributed by atoms with Crippen LogP contribution in [0.4, 0.5) is 0 Å². The van der Waals surface area contributed by atoms with E-state index in [4.69, 9.17) is 14.6 Å². The van der Waals surface area contributed by atoms with Crippen molar-refractivity contribution in [2.45, 2.75) is 19.4 Å². The average molecular weight is 266 g/mol. The highest BCUT2D eigenvalue weighted by Gasteiger charge is 2.41. The van der Waals surface area contributed by atoms with E-state index in [9.17, 15) is 14.7 Å². The number of ether oxygens (including phenoxy) is 2. The third kappa shape index (κ3) is 2.62. The fourth-order valence-corrected chi connectivity index (χ4v) is 2.05. The van der Waals surface area contributed by atoms with Crippen molar-refractivity contribution in [3.63, 3.8) is 0 Å². The van der Waals surface area contributed by atoms with Gasteiger partial charge in [-0.25, -0.2) is 0 Å². The first-order valence-corrected chi connectivity index (χ1v) is 5.91. The number of phenols is 1. The fraction of sp³-hybridized carbons (Fsp3) is 0.385. The van der Waals surface area contributed by atoms with Crippen LogP contribution < -0.4 is 4.74 Å². The van der Waals surface area contributed by atoms with Gasteiger partial charge in [0.05, 0.1) is 13.0 Å². The molecule has 0 unspecified atom stereocenters. The molecule has 1 fully saturated rings. The Morgan fingerprint density at radius 3 is 2.89 bits per heavy atom. The van der Waals surface area contributed by atoms with Gasteiger partial charge < -0.3 is 19.7 Å². The molecule has 0 radical (unpaired) electrons. The molecule has 0 spiro atoms. The molecule has 0 amide bonds. The van der Waals surface area contributed by atoms with E-state index < -0.39 is 24.0 Å². The van der Waals surface area contributed by atoms with Crippen LogP contribution in [0, 0.1) is 5.92 Å². The van der Waals surface area contributed by atoms with Crippen molar-refractivity contribution in [3.8, 4) is 11.5 Å². The summed E-state index contributed by atoms with van der Waals surface area (Å²) in [5, 5.41) is 18.7. The second-order valence-electron chi connectivity index (χ2n) is 4.22. The smallest absolute Gasteiger partial charge is 0.311 e. The first kappa shape index (κ1) is 13.2. The molecule has 2 N–H and O–H groups in total. The predicted octanol–water partition coefficient (Wildman–Crippen LogP) is 1.48. The first-order valence-electron chi connectivity index (χ1n) is 5.91. The Morgan fingerprint density at radius 2 is 2.26 bits per heavy atom. The predicted molar refractivity (Wildman–Crippen MR) is 63.9 cm³/mol. The molecule has 6 nitrogen and oxygen atoms in total. The minimum atomic E-state index is -1.08. The molecular formula is C13H14O6. The number of rotatable bonds is 4. The molecule has 102 valence electrons. The largest absolute Gasteiger partial charge is 0.504 e. The molecular weight excluding hydrogens is 252 g/mol. The summed E-state index contributed by atoms with van der Waals surface area (Å²) >= 11 is 0. The molecule has 2 rings (SSSR count). The number of aliphatic carboxylic acids is 1. The maximum absolute atomic E-state index is 11.3. The maximum Gasteiger partial charge on any atom is 0.311 e. The number of cyclic esters (lactones) is 1. The molecule has 0 saturated carbocycles. The number of hydrogen-bond donors (Lipinski definition) is 2. The van der Waals surface area contributed by atoms with Crippen molar-refractivity contribution in [2.75, 3.05) is 6.61 Å². The van der Waals surface area contributed by atoms with Crippen LogP contribution in [0.25, 0.3) is 0 Å². The second-order valence-corrected chi connectivity index (χ2v) is 4.22. The number of carbonyl (C=O) groups is 2. The summed E-state index contributed by atoms with van der Waals surface area (Å²) in [4.78, 5) is 22.3. The number of esters is 1. The topological polar surface area (TPSA) is 93.1 Å². The van der Waals surface area contributed by atoms with Crippen molar-refractivity contribution in [2.24, 2.45) is 5.92 Å². The zero-order valence-corrected chi connectivity index (χ0v) is 10.3. The zero-order valence-electron chi connectivity index (χ0n) is 10.3. The molecule has 1 aromatic carbocycles. The molecule has 1 aliphatic rings. The monoisotopic (exact) mass is 266 g/mol.